The summed E-state index contributed by atoms with van der Waals surface area (Å²) in [5.41, 5.74) is 0.498. The van der Waals surface area contributed by atoms with Crippen LogP contribution in [0.3, 0.4) is 0 Å². The van der Waals surface area contributed by atoms with E-state index in [2.05, 4.69) is 10.2 Å². The van der Waals surface area contributed by atoms with Crippen LogP contribution in [0.1, 0.15) is 29.6 Å². The van der Waals surface area contributed by atoms with Gasteiger partial charge in [0.05, 0.1) is 21.3 Å². The van der Waals surface area contributed by atoms with E-state index in [-0.39, 0.29) is 5.91 Å². The van der Waals surface area contributed by atoms with Gasteiger partial charge in [-0.15, -0.1) is 0 Å². The zero-order valence-corrected chi connectivity index (χ0v) is 14.2. The van der Waals surface area contributed by atoms with E-state index < -0.39 is 0 Å². The minimum atomic E-state index is -0.138. The Balaban J connectivity index is 1.98. The molecule has 6 heteroatoms. The van der Waals surface area contributed by atoms with Crippen LogP contribution >= 0.6 is 0 Å². The summed E-state index contributed by atoms with van der Waals surface area (Å²) in [6.07, 6.45) is 3.82. The topological polar surface area (TPSA) is 60.0 Å². The highest BCUT2D eigenvalue weighted by Gasteiger charge is 2.17. The van der Waals surface area contributed by atoms with Crippen molar-refractivity contribution in [3.8, 4) is 17.2 Å². The number of carbonyl (C=O) groups excluding carboxylic acids is 1. The molecule has 0 saturated carbocycles. The Kier molecular flexibility index (Phi) is 6.52. The molecule has 0 aromatic heterocycles. The Labute approximate surface area is 137 Å². The van der Waals surface area contributed by atoms with Crippen molar-refractivity contribution in [3.63, 3.8) is 0 Å². The number of nitrogens with zero attached hydrogens (tertiary/aromatic N) is 1. The van der Waals surface area contributed by atoms with E-state index in [1.165, 1.54) is 33.5 Å². The van der Waals surface area contributed by atoms with Crippen molar-refractivity contribution in [1.82, 2.24) is 10.2 Å². The van der Waals surface area contributed by atoms with Gasteiger partial charge < -0.3 is 24.4 Å². The number of carbonyl (C=O) groups is 1. The number of hydrogen-bond donors (Lipinski definition) is 1. The van der Waals surface area contributed by atoms with Crippen molar-refractivity contribution in [2.75, 3.05) is 47.5 Å². The molecule has 6 nitrogen and oxygen atoms in total. The predicted molar refractivity (Wildman–Crippen MR) is 88.7 cm³/mol. The van der Waals surface area contributed by atoms with Gasteiger partial charge in [-0.3, -0.25) is 4.79 Å². The fourth-order valence-electron chi connectivity index (χ4n) is 2.82. The largest absolute Gasteiger partial charge is 0.493 e. The molecule has 0 radical (unpaired) electrons. The standard InChI is InChI=1S/C17H26N2O4/c1-21-14-11-13(12-15(22-2)16(14)23-3)17(20)18-7-10-19-8-5-4-6-9-19/h11-12H,4-10H2,1-3H3,(H,18,20). The number of ether oxygens (including phenoxy) is 3. The molecule has 1 heterocycles. The van der Waals surface area contributed by atoms with Crippen LogP contribution in [0.15, 0.2) is 12.1 Å². The van der Waals surface area contributed by atoms with Gasteiger partial charge in [-0.2, -0.15) is 0 Å². The Hall–Kier alpha value is -1.95. The lowest BCUT2D eigenvalue weighted by Crippen LogP contribution is -2.37. The third kappa shape index (κ3) is 4.51. The lowest BCUT2D eigenvalue weighted by atomic mass is 10.1. The summed E-state index contributed by atoms with van der Waals surface area (Å²) in [5.74, 6) is 1.31. The normalized spacial score (nSPS) is 15.1. The van der Waals surface area contributed by atoms with Crippen LogP contribution in [-0.2, 0) is 0 Å². The quantitative estimate of drug-likeness (QED) is 0.831. The first kappa shape index (κ1) is 17.4. The van der Waals surface area contributed by atoms with Gasteiger partial charge in [0.15, 0.2) is 11.5 Å². The average Bonchev–Trinajstić information content (AvgIpc) is 2.61. The van der Waals surface area contributed by atoms with Crippen LogP contribution in [0, 0.1) is 0 Å². The molecule has 1 aromatic carbocycles. The molecule has 0 aliphatic carbocycles. The van der Waals surface area contributed by atoms with Crippen LogP contribution in [-0.4, -0.2) is 58.3 Å². The van der Waals surface area contributed by atoms with Crippen LogP contribution in [0.2, 0.25) is 0 Å². The van der Waals surface area contributed by atoms with Gasteiger partial charge in [0.2, 0.25) is 5.75 Å². The van der Waals surface area contributed by atoms with E-state index in [1.54, 1.807) is 19.2 Å². The molecule has 23 heavy (non-hydrogen) atoms. The molecule has 2 rings (SSSR count). The van der Waals surface area contributed by atoms with Gasteiger partial charge in [0.1, 0.15) is 0 Å². The van der Waals surface area contributed by atoms with Crippen LogP contribution in [0.25, 0.3) is 0 Å². The van der Waals surface area contributed by atoms with Crippen molar-refractivity contribution in [3.05, 3.63) is 17.7 Å². The fraction of sp³-hybridized carbons (Fsp3) is 0.588. The number of benzene rings is 1. The first-order valence-electron chi connectivity index (χ1n) is 8.00. The maximum atomic E-state index is 12.3. The van der Waals surface area contributed by atoms with Gasteiger partial charge in [-0.05, 0) is 38.1 Å². The Morgan fingerprint density at radius 1 is 1.04 bits per heavy atom. The molecule has 1 fully saturated rings. The van der Waals surface area contributed by atoms with E-state index in [0.717, 1.165) is 19.6 Å². The lowest BCUT2D eigenvalue weighted by molar-refractivity contribution is 0.0945. The third-order valence-corrected chi connectivity index (χ3v) is 4.09. The van der Waals surface area contributed by atoms with E-state index in [4.69, 9.17) is 14.2 Å². The second-order valence-electron chi connectivity index (χ2n) is 5.57. The zero-order valence-electron chi connectivity index (χ0n) is 14.2. The van der Waals surface area contributed by atoms with Crippen molar-refractivity contribution in [2.45, 2.75) is 19.3 Å². The SMILES string of the molecule is COc1cc(C(=O)NCCN2CCCCC2)cc(OC)c1OC. The molecule has 0 spiro atoms. The number of nitrogens with one attached hydrogen (secondary N) is 1. The van der Waals surface area contributed by atoms with E-state index in [1.807, 2.05) is 0 Å². The summed E-state index contributed by atoms with van der Waals surface area (Å²) in [6, 6.07) is 3.33. The predicted octanol–water partition coefficient (Wildman–Crippen LogP) is 1.93. The Morgan fingerprint density at radius 2 is 1.65 bits per heavy atom. The molecule has 128 valence electrons. The summed E-state index contributed by atoms with van der Waals surface area (Å²) in [4.78, 5) is 14.7. The minimum absolute atomic E-state index is 0.138. The monoisotopic (exact) mass is 322 g/mol. The first-order valence-corrected chi connectivity index (χ1v) is 8.00. The smallest absolute Gasteiger partial charge is 0.251 e. The van der Waals surface area contributed by atoms with Gasteiger partial charge >= 0.3 is 0 Å². The molecular formula is C17H26N2O4. The van der Waals surface area contributed by atoms with Gasteiger partial charge in [0, 0.05) is 18.7 Å². The summed E-state index contributed by atoms with van der Waals surface area (Å²) < 4.78 is 15.8. The maximum Gasteiger partial charge on any atom is 0.251 e. The first-order chi connectivity index (χ1) is 11.2. The van der Waals surface area contributed by atoms with E-state index in [9.17, 15) is 4.79 Å². The highest BCUT2D eigenvalue weighted by molar-refractivity contribution is 5.95. The van der Waals surface area contributed by atoms with Gasteiger partial charge in [0.25, 0.3) is 5.91 Å². The summed E-state index contributed by atoms with van der Waals surface area (Å²) in [5, 5.41) is 2.95. The van der Waals surface area contributed by atoms with Crippen molar-refractivity contribution in [1.29, 1.82) is 0 Å². The molecule has 0 bridgehead atoms. The number of methoxy groups -OCH3 is 3. The summed E-state index contributed by atoms with van der Waals surface area (Å²) >= 11 is 0. The molecule has 1 aliphatic heterocycles. The number of amides is 1. The molecule has 0 atom stereocenters. The minimum Gasteiger partial charge on any atom is -0.493 e. The second-order valence-corrected chi connectivity index (χ2v) is 5.57. The van der Waals surface area contributed by atoms with Crippen molar-refractivity contribution < 1.29 is 19.0 Å². The molecule has 1 aromatic rings. The average molecular weight is 322 g/mol. The molecular weight excluding hydrogens is 296 g/mol. The number of piperidine rings is 1. The molecule has 0 unspecified atom stereocenters. The van der Waals surface area contributed by atoms with E-state index in [0.29, 0.717) is 29.4 Å². The highest BCUT2D eigenvalue weighted by atomic mass is 16.5. The second kappa shape index (κ2) is 8.62. The zero-order chi connectivity index (χ0) is 16.7. The summed E-state index contributed by atoms with van der Waals surface area (Å²) in [7, 11) is 4.61. The third-order valence-electron chi connectivity index (χ3n) is 4.09. The molecule has 1 amide bonds. The molecule has 1 aliphatic rings. The van der Waals surface area contributed by atoms with Crippen molar-refractivity contribution in [2.24, 2.45) is 0 Å². The number of hydrogen-bond acceptors (Lipinski definition) is 5. The highest BCUT2D eigenvalue weighted by Crippen LogP contribution is 2.38. The van der Waals surface area contributed by atoms with Gasteiger partial charge in [-0.25, -0.2) is 0 Å². The number of rotatable bonds is 7. The Morgan fingerprint density at radius 3 is 2.17 bits per heavy atom. The van der Waals surface area contributed by atoms with E-state index >= 15 is 0 Å². The summed E-state index contributed by atoms with van der Waals surface area (Å²) in [6.45, 7) is 3.77. The van der Waals surface area contributed by atoms with Crippen LogP contribution in [0.5, 0.6) is 17.2 Å². The van der Waals surface area contributed by atoms with Crippen LogP contribution in [0.4, 0.5) is 0 Å². The van der Waals surface area contributed by atoms with Crippen molar-refractivity contribution >= 4 is 5.91 Å². The van der Waals surface area contributed by atoms with Crippen LogP contribution < -0.4 is 19.5 Å². The molecule has 1 N–H and O–H groups in total. The molecule has 1 saturated heterocycles. The van der Waals surface area contributed by atoms with Gasteiger partial charge in [-0.1, -0.05) is 6.42 Å². The maximum absolute atomic E-state index is 12.3. The Bertz CT molecular complexity index is 502. The fourth-order valence-corrected chi connectivity index (χ4v) is 2.82. The number of likely N-dealkylation sites (tertiary alicyclic amines) is 1. The lowest BCUT2D eigenvalue weighted by Gasteiger charge is -2.26.